The third kappa shape index (κ3) is 4.04. The van der Waals surface area contributed by atoms with Crippen molar-refractivity contribution in [3.63, 3.8) is 0 Å². The van der Waals surface area contributed by atoms with Crippen LogP contribution in [0.2, 0.25) is 0 Å². The number of piperidine rings is 1. The summed E-state index contributed by atoms with van der Waals surface area (Å²) in [6.07, 6.45) is 1.50. The molecule has 136 valence electrons. The van der Waals surface area contributed by atoms with Gasteiger partial charge in [0.2, 0.25) is 0 Å². The summed E-state index contributed by atoms with van der Waals surface area (Å²) in [6.45, 7) is 3.24. The largest absolute Gasteiger partial charge is 0.496 e. The van der Waals surface area contributed by atoms with E-state index in [0.29, 0.717) is 30.0 Å². The molecule has 2 aromatic carbocycles. The Morgan fingerprint density at radius 1 is 1.04 bits per heavy atom. The Morgan fingerprint density at radius 2 is 1.69 bits per heavy atom. The van der Waals surface area contributed by atoms with Crippen molar-refractivity contribution in [1.82, 2.24) is 10.2 Å². The Morgan fingerprint density at radius 3 is 2.35 bits per heavy atom. The number of para-hydroxylation sites is 1. The predicted octanol–water partition coefficient (Wildman–Crippen LogP) is 3.04. The molecule has 5 nitrogen and oxygen atoms in total. The Labute approximate surface area is 154 Å². The van der Waals surface area contributed by atoms with Crippen molar-refractivity contribution in [2.75, 3.05) is 20.2 Å². The third-order valence-electron chi connectivity index (χ3n) is 4.77. The highest BCUT2D eigenvalue weighted by molar-refractivity contribution is 5.97. The molecule has 3 rings (SSSR count). The monoisotopic (exact) mass is 352 g/mol. The topological polar surface area (TPSA) is 58.6 Å². The first-order chi connectivity index (χ1) is 12.6. The summed E-state index contributed by atoms with van der Waals surface area (Å²) in [6, 6.07) is 14.9. The lowest BCUT2D eigenvalue weighted by atomic mass is 10.0. The lowest BCUT2D eigenvalue weighted by Crippen LogP contribution is -2.46. The van der Waals surface area contributed by atoms with E-state index in [1.807, 2.05) is 48.2 Å². The number of hydrogen-bond acceptors (Lipinski definition) is 3. The van der Waals surface area contributed by atoms with E-state index >= 15 is 0 Å². The first kappa shape index (κ1) is 18.0. The molecule has 1 N–H and O–H groups in total. The van der Waals surface area contributed by atoms with Crippen LogP contribution < -0.4 is 10.1 Å². The van der Waals surface area contributed by atoms with E-state index in [1.54, 1.807) is 19.2 Å². The number of methoxy groups -OCH3 is 1. The number of ether oxygens (including phenoxy) is 1. The van der Waals surface area contributed by atoms with Gasteiger partial charge >= 0.3 is 0 Å². The lowest BCUT2D eigenvalue weighted by Gasteiger charge is -2.32. The summed E-state index contributed by atoms with van der Waals surface area (Å²) < 4.78 is 5.28. The molecule has 1 heterocycles. The number of likely N-dealkylation sites (tertiary alicyclic amines) is 1. The summed E-state index contributed by atoms with van der Waals surface area (Å²) in [5, 5.41) is 3.07. The number of hydrogen-bond donors (Lipinski definition) is 1. The third-order valence-corrected chi connectivity index (χ3v) is 4.77. The van der Waals surface area contributed by atoms with Crippen LogP contribution in [-0.2, 0) is 0 Å². The molecular formula is C21H24N2O3. The standard InChI is InChI=1S/C21H24N2O3/c1-15-7-9-16(10-8-15)20(24)22-17-11-13-23(14-12-17)21(25)18-5-3-4-6-19(18)26-2/h3-10,17H,11-14H2,1-2H3,(H,22,24). The number of nitrogens with one attached hydrogen (secondary N) is 1. The van der Waals surface area contributed by atoms with Crippen molar-refractivity contribution < 1.29 is 14.3 Å². The van der Waals surface area contributed by atoms with Gasteiger partial charge in [0.15, 0.2) is 0 Å². The summed E-state index contributed by atoms with van der Waals surface area (Å²) in [5.41, 5.74) is 2.38. The average Bonchev–Trinajstić information content (AvgIpc) is 2.68. The highest BCUT2D eigenvalue weighted by Crippen LogP contribution is 2.21. The first-order valence-corrected chi connectivity index (χ1v) is 8.88. The molecule has 1 fully saturated rings. The molecule has 2 aromatic rings. The molecule has 0 aliphatic carbocycles. The van der Waals surface area contributed by atoms with Gasteiger partial charge in [0.1, 0.15) is 5.75 Å². The van der Waals surface area contributed by atoms with Gasteiger partial charge in [-0.3, -0.25) is 9.59 Å². The minimum absolute atomic E-state index is 0.0224. The van der Waals surface area contributed by atoms with Gasteiger partial charge in [-0.1, -0.05) is 29.8 Å². The van der Waals surface area contributed by atoms with Crippen molar-refractivity contribution in [2.45, 2.75) is 25.8 Å². The second-order valence-corrected chi connectivity index (χ2v) is 6.61. The maximum absolute atomic E-state index is 12.7. The van der Waals surface area contributed by atoms with E-state index in [4.69, 9.17) is 4.74 Å². The van der Waals surface area contributed by atoms with Crippen LogP contribution in [0.5, 0.6) is 5.75 Å². The van der Waals surface area contributed by atoms with Gasteiger partial charge in [-0.05, 0) is 44.0 Å². The summed E-state index contributed by atoms with van der Waals surface area (Å²) >= 11 is 0. The zero-order valence-electron chi connectivity index (χ0n) is 15.2. The zero-order valence-corrected chi connectivity index (χ0v) is 15.2. The van der Waals surface area contributed by atoms with E-state index in [1.165, 1.54) is 0 Å². The number of nitrogens with zero attached hydrogens (tertiary/aromatic N) is 1. The molecule has 1 saturated heterocycles. The molecule has 0 unspecified atom stereocenters. The molecule has 1 aliphatic rings. The lowest BCUT2D eigenvalue weighted by molar-refractivity contribution is 0.0695. The van der Waals surface area contributed by atoms with E-state index in [9.17, 15) is 9.59 Å². The highest BCUT2D eigenvalue weighted by atomic mass is 16.5. The molecule has 2 amide bonds. The molecule has 0 aromatic heterocycles. The first-order valence-electron chi connectivity index (χ1n) is 8.88. The number of rotatable bonds is 4. The van der Waals surface area contributed by atoms with Gasteiger partial charge in [0.05, 0.1) is 12.7 Å². The van der Waals surface area contributed by atoms with Crippen LogP contribution in [-0.4, -0.2) is 43.0 Å². The maximum Gasteiger partial charge on any atom is 0.257 e. The van der Waals surface area contributed by atoms with Crippen LogP contribution in [0, 0.1) is 6.92 Å². The summed E-state index contributed by atoms with van der Waals surface area (Å²) in [4.78, 5) is 26.9. The molecule has 5 heteroatoms. The van der Waals surface area contributed by atoms with Crippen LogP contribution in [0.4, 0.5) is 0 Å². The van der Waals surface area contributed by atoms with Crippen molar-refractivity contribution in [3.05, 3.63) is 65.2 Å². The summed E-state index contributed by atoms with van der Waals surface area (Å²) in [7, 11) is 1.57. The van der Waals surface area contributed by atoms with Gasteiger partial charge in [0, 0.05) is 24.7 Å². The maximum atomic E-state index is 12.7. The van der Waals surface area contributed by atoms with E-state index in [0.717, 1.165) is 18.4 Å². The molecule has 0 saturated carbocycles. The Bertz CT molecular complexity index is 778. The highest BCUT2D eigenvalue weighted by Gasteiger charge is 2.26. The predicted molar refractivity (Wildman–Crippen MR) is 101 cm³/mol. The normalized spacial score (nSPS) is 14.8. The van der Waals surface area contributed by atoms with Gasteiger partial charge in [-0.15, -0.1) is 0 Å². The molecule has 0 atom stereocenters. The minimum Gasteiger partial charge on any atom is -0.496 e. The number of aryl methyl sites for hydroxylation is 1. The van der Waals surface area contributed by atoms with Crippen LogP contribution in [0.1, 0.15) is 39.1 Å². The minimum atomic E-state index is -0.0560. The van der Waals surface area contributed by atoms with Gasteiger partial charge < -0.3 is 15.0 Å². The smallest absolute Gasteiger partial charge is 0.257 e. The molecule has 1 aliphatic heterocycles. The number of carbonyl (C=O) groups excluding carboxylic acids is 2. The van der Waals surface area contributed by atoms with Crippen LogP contribution in [0.25, 0.3) is 0 Å². The fourth-order valence-corrected chi connectivity index (χ4v) is 3.19. The van der Waals surface area contributed by atoms with Crippen molar-refractivity contribution >= 4 is 11.8 Å². The molecule has 0 bridgehead atoms. The second kappa shape index (κ2) is 8.04. The van der Waals surface area contributed by atoms with Gasteiger partial charge in [-0.2, -0.15) is 0 Å². The van der Waals surface area contributed by atoms with Gasteiger partial charge in [0.25, 0.3) is 11.8 Å². The quantitative estimate of drug-likeness (QED) is 0.920. The number of amides is 2. The molecular weight excluding hydrogens is 328 g/mol. The molecule has 26 heavy (non-hydrogen) atoms. The Kier molecular flexibility index (Phi) is 5.56. The van der Waals surface area contributed by atoms with E-state index in [-0.39, 0.29) is 17.9 Å². The zero-order chi connectivity index (χ0) is 18.5. The van der Waals surface area contributed by atoms with Crippen molar-refractivity contribution in [2.24, 2.45) is 0 Å². The van der Waals surface area contributed by atoms with E-state index < -0.39 is 0 Å². The Hall–Kier alpha value is -2.82. The fourth-order valence-electron chi connectivity index (χ4n) is 3.19. The van der Waals surface area contributed by atoms with Gasteiger partial charge in [-0.25, -0.2) is 0 Å². The average molecular weight is 352 g/mol. The van der Waals surface area contributed by atoms with Crippen molar-refractivity contribution in [3.8, 4) is 5.75 Å². The SMILES string of the molecule is COc1ccccc1C(=O)N1CCC(NC(=O)c2ccc(C)cc2)CC1. The number of carbonyl (C=O) groups is 2. The van der Waals surface area contributed by atoms with Crippen molar-refractivity contribution in [1.29, 1.82) is 0 Å². The van der Waals surface area contributed by atoms with E-state index in [2.05, 4.69) is 5.32 Å². The van der Waals surface area contributed by atoms with Crippen LogP contribution in [0.15, 0.2) is 48.5 Å². The van der Waals surface area contributed by atoms with Crippen LogP contribution >= 0.6 is 0 Å². The number of benzene rings is 2. The molecule has 0 radical (unpaired) electrons. The molecule has 0 spiro atoms. The Balaban J connectivity index is 1.56. The second-order valence-electron chi connectivity index (χ2n) is 6.61. The van der Waals surface area contributed by atoms with Crippen LogP contribution in [0.3, 0.4) is 0 Å². The summed E-state index contributed by atoms with van der Waals surface area (Å²) in [5.74, 6) is 0.512. The fraction of sp³-hybridized carbons (Fsp3) is 0.333.